The Morgan fingerprint density at radius 1 is 1.24 bits per heavy atom. The molecule has 0 spiro atoms. The molecule has 33 heavy (non-hydrogen) atoms. The average Bonchev–Trinajstić information content (AvgIpc) is 3.16. The highest BCUT2D eigenvalue weighted by Gasteiger charge is 2.45. The maximum Gasteiger partial charge on any atom is 0.416 e. The molecule has 1 aromatic carbocycles. The zero-order chi connectivity index (χ0) is 24.4. The van der Waals surface area contributed by atoms with Crippen molar-refractivity contribution in [3.8, 4) is 11.4 Å². The molecule has 0 bridgehead atoms. The number of nitrogens with one attached hydrogen (secondary N) is 1. The number of alkyl halides is 4. The Morgan fingerprint density at radius 3 is 2.58 bits per heavy atom. The second-order valence-corrected chi connectivity index (χ2v) is 8.64. The van der Waals surface area contributed by atoms with Crippen molar-refractivity contribution in [2.24, 2.45) is 0 Å². The van der Waals surface area contributed by atoms with E-state index >= 15 is 0 Å². The van der Waals surface area contributed by atoms with Gasteiger partial charge in [-0.2, -0.15) is 13.2 Å². The van der Waals surface area contributed by atoms with Crippen molar-refractivity contribution < 1.29 is 31.9 Å². The van der Waals surface area contributed by atoms with Crippen LogP contribution in [0.3, 0.4) is 0 Å². The van der Waals surface area contributed by atoms with Crippen molar-refractivity contribution in [1.82, 2.24) is 25.0 Å². The zero-order valence-corrected chi connectivity index (χ0v) is 18.2. The van der Waals surface area contributed by atoms with Crippen LogP contribution in [0.15, 0.2) is 36.7 Å². The number of nitrogens with zero attached hydrogens (tertiary/aromatic N) is 4. The minimum absolute atomic E-state index is 0.0538. The van der Waals surface area contributed by atoms with E-state index in [1.54, 1.807) is 20.8 Å². The Morgan fingerprint density at radius 2 is 1.94 bits per heavy atom. The summed E-state index contributed by atoms with van der Waals surface area (Å²) in [5, 5.41) is 6.38. The normalized spacial score (nSPS) is 15.9. The number of hydrogen-bond donors (Lipinski definition) is 1. The summed E-state index contributed by atoms with van der Waals surface area (Å²) >= 11 is 0. The molecule has 1 aliphatic heterocycles. The highest BCUT2D eigenvalue weighted by molar-refractivity contribution is 5.91. The fourth-order valence-corrected chi connectivity index (χ4v) is 3.01. The van der Waals surface area contributed by atoms with Crippen LogP contribution >= 0.6 is 0 Å². The first kappa shape index (κ1) is 24.2. The van der Waals surface area contributed by atoms with E-state index in [2.05, 4.69) is 15.4 Å². The van der Waals surface area contributed by atoms with E-state index in [-0.39, 0.29) is 31.0 Å². The van der Waals surface area contributed by atoms with Crippen molar-refractivity contribution in [2.75, 3.05) is 19.6 Å². The number of rotatable bonds is 5. The number of hydrogen-bond acceptors (Lipinski definition) is 5. The Hall–Kier alpha value is -3.44. The lowest BCUT2D eigenvalue weighted by molar-refractivity contribution is -0.139. The molecular formula is C21H23F4N5O3. The number of halogens is 4. The summed E-state index contributed by atoms with van der Waals surface area (Å²) < 4.78 is 59.4. The van der Waals surface area contributed by atoms with E-state index in [4.69, 9.17) is 4.74 Å². The fraction of sp³-hybridized carbons (Fsp3) is 0.429. The number of benzene rings is 1. The molecule has 2 aromatic rings. The summed E-state index contributed by atoms with van der Waals surface area (Å²) in [4.78, 5) is 29.0. The van der Waals surface area contributed by atoms with Gasteiger partial charge in [0.15, 0.2) is 11.5 Å². The predicted molar refractivity (Wildman–Crippen MR) is 110 cm³/mol. The standard InChI is InChI=1S/C21H23F4N5O3/c1-19(2,3)33-18(32)26-10-20(22)11-29(12-20)16(31)7-8-30-13-27-17(28-30)14-5-4-6-15(9-14)21(23,24)25/h4-9,13H,10-12H2,1-3H3,(H,26,32). The van der Waals surface area contributed by atoms with Crippen LogP contribution in [0.1, 0.15) is 26.3 Å². The van der Waals surface area contributed by atoms with Gasteiger partial charge in [-0.25, -0.2) is 18.9 Å². The van der Waals surface area contributed by atoms with E-state index in [1.165, 1.54) is 34.2 Å². The van der Waals surface area contributed by atoms with Gasteiger partial charge in [0.1, 0.15) is 11.9 Å². The molecule has 1 aromatic heterocycles. The lowest BCUT2D eigenvalue weighted by Crippen LogP contribution is -2.65. The van der Waals surface area contributed by atoms with Crippen LogP contribution in [0, 0.1) is 0 Å². The van der Waals surface area contributed by atoms with Gasteiger partial charge in [-0.15, -0.1) is 5.10 Å². The van der Waals surface area contributed by atoms with Crippen LogP contribution in [0.25, 0.3) is 17.6 Å². The van der Waals surface area contributed by atoms with Gasteiger partial charge in [0.2, 0.25) is 5.91 Å². The topological polar surface area (TPSA) is 89.4 Å². The Bertz CT molecular complexity index is 1050. The summed E-state index contributed by atoms with van der Waals surface area (Å²) in [7, 11) is 0. The Labute approximate surface area is 187 Å². The molecule has 0 radical (unpaired) electrons. The largest absolute Gasteiger partial charge is 0.444 e. The summed E-state index contributed by atoms with van der Waals surface area (Å²) in [5.74, 6) is -0.435. The minimum Gasteiger partial charge on any atom is -0.444 e. The van der Waals surface area contributed by atoms with Gasteiger partial charge in [0.25, 0.3) is 0 Å². The molecule has 12 heteroatoms. The fourth-order valence-electron chi connectivity index (χ4n) is 3.01. The van der Waals surface area contributed by atoms with E-state index in [0.29, 0.717) is 0 Å². The van der Waals surface area contributed by atoms with Crippen molar-refractivity contribution in [1.29, 1.82) is 0 Å². The third kappa shape index (κ3) is 6.53. The van der Waals surface area contributed by atoms with Crippen molar-refractivity contribution in [3.05, 3.63) is 42.2 Å². The number of aromatic nitrogens is 3. The molecule has 2 amide bonds. The zero-order valence-electron chi connectivity index (χ0n) is 18.2. The number of alkyl carbamates (subject to hydrolysis) is 1. The number of likely N-dealkylation sites (tertiary alicyclic amines) is 1. The van der Waals surface area contributed by atoms with Gasteiger partial charge in [-0.1, -0.05) is 12.1 Å². The molecule has 0 atom stereocenters. The van der Waals surface area contributed by atoms with E-state index in [9.17, 15) is 27.2 Å². The van der Waals surface area contributed by atoms with Crippen LogP contribution < -0.4 is 5.32 Å². The lowest BCUT2D eigenvalue weighted by Gasteiger charge is -2.43. The molecule has 1 saturated heterocycles. The third-order valence-corrected chi connectivity index (χ3v) is 4.54. The third-order valence-electron chi connectivity index (χ3n) is 4.54. The Balaban J connectivity index is 1.52. The first-order chi connectivity index (χ1) is 15.2. The van der Waals surface area contributed by atoms with Gasteiger partial charge in [0, 0.05) is 17.8 Å². The van der Waals surface area contributed by atoms with Gasteiger partial charge >= 0.3 is 12.3 Å². The highest BCUT2D eigenvalue weighted by atomic mass is 19.4. The highest BCUT2D eigenvalue weighted by Crippen LogP contribution is 2.31. The smallest absolute Gasteiger partial charge is 0.416 e. The van der Waals surface area contributed by atoms with Gasteiger partial charge in [-0.05, 0) is 32.9 Å². The van der Waals surface area contributed by atoms with E-state index in [1.807, 2.05) is 0 Å². The van der Waals surface area contributed by atoms with Crippen LogP contribution in [0.4, 0.5) is 22.4 Å². The molecule has 1 N–H and O–H groups in total. The van der Waals surface area contributed by atoms with E-state index < -0.39 is 35.0 Å². The second kappa shape index (κ2) is 8.83. The number of ether oxygens (including phenoxy) is 1. The summed E-state index contributed by atoms with van der Waals surface area (Å²) in [6.45, 7) is 4.35. The molecule has 1 aliphatic rings. The number of carbonyl (C=O) groups is 2. The van der Waals surface area contributed by atoms with Gasteiger partial charge in [-0.3, -0.25) is 4.79 Å². The molecular weight excluding hydrogens is 446 g/mol. The minimum atomic E-state index is -4.49. The van der Waals surface area contributed by atoms with Crippen molar-refractivity contribution in [2.45, 2.75) is 38.2 Å². The van der Waals surface area contributed by atoms with E-state index in [0.717, 1.165) is 18.2 Å². The number of carbonyl (C=O) groups excluding carboxylic acids is 2. The molecule has 0 unspecified atom stereocenters. The molecule has 0 aliphatic carbocycles. The summed E-state index contributed by atoms with van der Waals surface area (Å²) in [6, 6.07) is 4.57. The summed E-state index contributed by atoms with van der Waals surface area (Å²) in [5.41, 5.74) is -3.12. The summed E-state index contributed by atoms with van der Waals surface area (Å²) in [6.07, 6.45) is -1.59. The maximum absolute atomic E-state index is 14.6. The molecule has 178 valence electrons. The molecule has 2 heterocycles. The second-order valence-electron chi connectivity index (χ2n) is 8.64. The van der Waals surface area contributed by atoms with Crippen LogP contribution in [0.2, 0.25) is 0 Å². The lowest BCUT2D eigenvalue weighted by atomic mass is 9.96. The first-order valence-corrected chi connectivity index (χ1v) is 9.96. The molecule has 1 fully saturated rings. The average molecular weight is 469 g/mol. The molecule has 0 saturated carbocycles. The van der Waals surface area contributed by atoms with Crippen LogP contribution in [-0.4, -0.2) is 62.6 Å². The van der Waals surface area contributed by atoms with Crippen molar-refractivity contribution in [3.63, 3.8) is 0 Å². The van der Waals surface area contributed by atoms with Gasteiger partial charge in [0.05, 0.1) is 25.2 Å². The van der Waals surface area contributed by atoms with Crippen LogP contribution in [-0.2, 0) is 15.7 Å². The maximum atomic E-state index is 14.6. The molecule has 8 nitrogen and oxygen atoms in total. The number of amides is 2. The van der Waals surface area contributed by atoms with Crippen LogP contribution in [0.5, 0.6) is 0 Å². The Kier molecular flexibility index (Phi) is 6.48. The molecule has 3 rings (SSSR count). The van der Waals surface area contributed by atoms with Crippen molar-refractivity contribution >= 4 is 18.2 Å². The monoisotopic (exact) mass is 469 g/mol. The van der Waals surface area contributed by atoms with Gasteiger partial charge < -0.3 is 15.0 Å². The quantitative estimate of drug-likeness (QED) is 0.535. The SMILES string of the molecule is CC(C)(C)OC(=O)NCC1(F)CN(C(=O)C=Cn2cnc(-c3cccc(C(F)(F)F)c3)n2)C1. The first-order valence-electron chi connectivity index (χ1n) is 9.96. The predicted octanol–water partition coefficient (Wildman–Crippen LogP) is 3.51.